The van der Waals surface area contributed by atoms with Gasteiger partial charge in [0, 0.05) is 25.0 Å². The van der Waals surface area contributed by atoms with E-state index in [-0.39, 0.29) is 17.6 Å². The Kier molecular flexibility index (Phi) is 4.05. The molecule has 2 N–H and O–H groups in total. The predicted molar refractivity (Wildman–Crippen MR) is 66.6 cm³/mol. The van der Waals surface area contributed by atoms with Crippen LogP contribution >= 0.6 is 0 Å². The van der Waals surface area contributed by atoms with Gasteiger partial charge in [-0.25, -0.2) is 0 Å². The number of amides is 1. The van der Waals surface area contributed by atoms with E-state index in [1.54, 1.807) is 0 Å². The fraction of sp³-hybridized carbons (Fsp3) is 0.923. The second-order valence-corrected chi connectivity index (χ2v) is 5.62. The second kappa shape index (κ2) is 5.36. The van der Waals surface area contributed by atoms with E-state index in [0.717, 1.165) is 25.9 Å². The maximum atomic E-state index is 12.2. The average molecular weight is 240 g/mol. The van der Waals surface area contributed by atoms with Crippen LogP contribution in [0.15, 0.2) is 0 Å². The topological polar surface area (TPSA) is 55.6 Å². The van der Waals surface area contributed by atoms with Gasteiger partial charge in [-0.3, -0.25) is 4.79 Å². The first-order valence-electron chi connectivity index (χ1n) is 6.77. The number of nitrogens with zero attached hydrogens (tertiary/aromatic N) is 1. The molecule has 0 spiro atoms. The fourth-order valence-corrected chi connectivity index (χ4v) is 2.89. The first-order valence-corrected chi connectivity index (χ1v) is 6.77. The Morgan fingerprint density at radius 1 is 1.41 bits per heavy atom. The van der Waals surface area contributed by atoms with Gasteiger partial charge in [0.25, 0.3) is 0 Å². The Labute approximate surface area is 103 Å². The summed E-state index contributed by atoms with van der Waals surface area (Å²) in [5.41, 5.74) is 6.08. The summed E-state index contributed by atoms with van der Waals surface area (Å²) in [7, 11) is 0. The summed E-state index contributed by atoms with van der Waals surface area (Å²) in [5, 5.41) is 0. The molecule has 1 atom stereocenters. The Morgan fingerprint density at radius 2 is 2.12 bits per heavy atom. The number of carbonyl (C=O) groups is 1. The molecule has 98 valence electrons. The molecule has 4 nitrogen and oxygen atoms in total. The number of hydrogen-bond acceptors (Lipinski definition) is 3. The molecule has 2 fully saturated rings. The van der Waals surface area contributed by atoms with Gasteiger partial charge >= 0.3 is 0 Å². The molecule has 0 aromatic rings. The lowest BCUT2D eigenvalue weighted by atomic mass is 9.80. The molecule has 4 heteroatoms. The highest BCUT2D eigenvalue weighted by atomic mass is 16.5. The van der Waals surface area contributed by atoms with Crippen molar-refractivity contribution in [3.05, 3.63) is 0 Å². The Bertz CT molecular complexity index is 275. The minimum Gasteiger partial charge on any atom is -0.375 e. The summed E-state index contributed by atoms with van der Waals surface area (Å²) >= 11 is 0. The van der Waals surface area contributed by atoms with Crippen molar-refractivity contribution < 1.29 is 9.53 Å². The van der Waals surface area contributed by atoms with Crippen LogP contribution in [0.4, 0.5) is 0 Å². The summed E-state index contributed by atoms with van der Waals surface area (Å²) in [6.45, 7) is 4.11. The van der Waals surface area contributed by atoms with Gasteiger partial charge in [0.05, 0.1) is 12.7 Å². The quantitative estimate of drug-likeness (QED) is 0.791. The molecule has 0 aromatic heterocycles. The number of nitrogens with two attached hydrogens (primary N) is 1. The molecule has 2 rings (SSSR count). The van der Waals surface area contributed by atoms with Crippen molar-refractivity contribution in [2.24, 2.45) is 5.73 Å². The SMILES string of the molecule is CC1CN(C(=O)CC2(N)CCCCC2)CCO1. The Balaban J connectivity index is 1.87. The fourth-order valence-electron chi connectivity index (χ4n) is 2.89. The molecule has 1 saturated heterocycles. The molecule has 2 aliphatic rings. The van der Waals surface area contributed by atoms with E-state index in [2.05, 4.69) is 0 Å². The van der Waals surface area contributed by atoms with Gasteiger partial charge in [-0.05, 0) is 19.8 Å². The zero-order valence-electron chi connectivity index (χ0n) is 10.8. The van der Waals surface area contributed by atoms with Crippen molar-refractivity contribution in [3.63, 3.8) is 0 Å². The van der Waals surface area contributed by atoms with E-state index in [4.69, 9.17) is 10.5 Å². The minimum absolute atomic E-state index is 0.160. The van der Waals surface area contributed by atoms with Crippen LogP contribution in [-0.2, 0) is 9.53 Å². The van der Waals surface area contributed by atoms with Gasteiger partial charge in [0.2, 0.25) is 5.91 Å². The van der Waals surface area contributed by atoms with E-state index in [1.165, 1.54) is 19.3 Å². The normalized spacial score (nSPS) is 29.1. The standard InChI is InChI=1S/C13H24N2O2/c1-11-10-15(7-8-17-11)12(16)9-13(14)5-3-2-4-6-13/h11H,2-10,14H2,1H3. The Morgan fingerprint density at radius 3 is 2.76 bits per heavy atom. The third-order valence-electron chi connectivity index (χ3n) is 3.95. The van der Waals surface area contributed by atoms with Crippen molar-refractivity contribution in [1.29, 1.82) is 0 Å². The van der Waals surface area contributed by atoms with E-state index in [9.17, 15) is 4.79 Å². The number of hydrogen-bond donors (Lipinski definition) is 1. The number of rotatable bonds is 2. The lowest BCUT2D eigenvalue weighted by Crippen LogP contribution is -2.50. The number of morpholine rings is 1. The van der Waals surface area contributed by atoms with E-state index in [0.29, 0.717) is 13.0 Å². The van der Waals surface area contributed by atoms with Crippen molar-refractivity contribution in [3.8, 4) is 0 Å². The average Bonchev–Trinajstić information content (AvgIpc) is 2.29. The van der Waals surface area contributed by atoms with E-state index >= 15 is 0 Å². The molecular weight excluding hydrogens is 216 g/mol. The monoisotopic (exact) mass is 240 g/mol. The maximum Gasteiger partial charge on any atom is 0.224 e. The molecule has 1 aliphatic heterocycles. The third-order valence-corrected chi connectivity index (χ3v) is 3.95. The highest BCUT2D eigenvalue weighted by molar-refractivity contribution is 5.77. The molecular formula is C13H24N2O2. The zero-order chi connectivity index (χ0) is 12.3. The molecule has 17 heavy (non-hydrogen) atoms. The van der Waals surface area contributed by atoms with Crippen LogP contribution in [0, 0.1) is 0 Å². The van der Waals surface area contributed by atoms with Crippen LogP contribution in [0.5, 0.6) is 0 Å². The van der Waals surface area contributed by atoms with Crippen molar-refractivity contribution in [2.45, 2.75) is 57.1 Å². The molecule has 0 radical (unpaired) electrons. The molecule has 1 saturated carbocycles. The summed E-state index contributed by atoms with van der Waals surface area (Å²) in [6, 6.07) is 0. The van der Waals surface area contributed by atoms with Crippen molar-refractivity contribution in [2.75, 3.05) is 19.7 Å². The molecule has 1 heterocycles. The smallest absolute Gasteiger partial charge is 0.224 e. The highest BCUT2D eigenvalue weighted by Gasteiger charge is 2.32. The largest absolute Gasteiger partial charge is 0.375 e. The highest BCUT2D eigenvalue weighted by Crippen LogP contribution is 2.29. The van der Waals surface area contributed by atoms with Gasteiger partial charge in [-0.1, -0.05) is 19.3 Å². The predicted octanol–water partition coefficient (Wildman–Crippen LogP) is 1.29. The lowest BCUT2D eigenvalue weighted by molar-refractivity contribution is -0.139. The summed E-state index contributed by atoms with van der Waals surface area (Å²) in [6.07, 6.45) is 6.28. The van der Waals surface area contributed by atoms with Crippen LogP contribution in [0.25, 0.3) is 0 Å². The van der Waals surface area contributed by atoms with Crippen LogP contribution in [0.3, 0.4) is 0 Å². The van der Waals surface area contributed by atoms with E-state index in [1.807, 2.05) is 11.8 Å². The summed E-state index contributed by atoms with van der Waals surface area (Å²) < 4.78 is 5.45. The first-order chi connectivity index (χ1) is 8.09. The molecule has 1 unspecified atom stereocenters. The van der Waals surface area contributed by atoms with Gasteiger partial charge < -0.3 is 15.4 Å². The summed E-state index contributed by atoms with van der Waals surface area (Å²) in [5.74, 6) is 0.213. The number of ether oxygens (including phenoxy) is 1. The molecule has 1 amide bonds. The lowest BCUT2D eigenvalue weighted by Gasteiger charge is -2.37. The van der Waals surface area contributed by atoms with Crippen LogP contribution in [0.1, 0.15) is 45.4 Å². The zero-order valence-corrected chi connectivity index (χ0v) is 10.8. The van der Waals surface area contributed by atoms with Crippen LogP contribution in [0.2, 0.25) is 0 Å². The molecule has 0 bridgehead atoms. The second-order valence-electron chi connectivity index (χ2n) is 5.62. The van der Waals surface area contributed by atoms with Gasteiger partial charge in [-0.15, -0.1) is 0 Å². The van der Waals surface area contributed by atoms with E-state index < -0.39 is 0 Å². The van der Waals surface area contributed by atoms with Gasteiger partial charge in [0.15, 0.2) is 0 Å². The molecule has 0 aromatic carbocycles. The summed E-state index contributed by atoms with van der Waals surface area (Å²) in [4.78, 5) is 14.1. The number of carbonyl (C=O) groups excluding carboxylic acids is 1. The van der Waals surface area contributed by atoms with Gasteiger partial charge in [0.1, 0.15) is 0 Å². The van der Waals surface area contributed by atoms with Crippen LogP contribution < -0.4 is 5.73 Å². The van der Waals surface area contributed by atoms with Crippen molar-refractivity contribution >= 4 is 5.91 Å². The first kappa shape index (κ1) is 12.8. The maximum absolute atomic E-state index is 12.2. The van der Waals surface area contributed by atoms with Gasteiger partial charge in [-0.2, -0.15) is 0 Å². The van der Waals surface area contributed by atoms with Crippen LogP contribution in [-0.4, -0.2) is 42.1 Å². The molecule has 1 aliphatic carbocycles. The minimum atomic E-state index is -0.239. The Hall–Kier alpha value is -0.610. The van der Waals surface area contributed by atoms with Crippen molar-refractivity contribution in [1.82, 2.24) is 4.90 Å². The third kappa shape index (κ3) is 3.42.